The summed E-state index contributed by atoms with van der Waals surface area (Å²) in [5.74, 6) is -1.75. The fourth-order valence-electron chi connectivity index (χ4n) is 1.50. The largest absolute Gasteiger partial charge is 0.465 e. The van der Waals surface area contributed by atoms with Crippen molar-refractivity contribution in [2.24, 2.45) is 0 Å². The molecule has 0 bridgehead atoms. The topological polar surface area (TPSA) is 56.8 Å². The predicted molar refractivity (Wildman–Crippen MR) is 49.8 cm³/mol. The molecule has 1 N–H and O–H groups in total. The Bertz CT molecular complexity index is 199. The molecule has 0 radical (unpaired) electrons. The first kappa shape index (κ1) is 11.4. The highest BCUT2D eigenvalue weighted by molar-refractivity contribution is 5.77. The molecular weight excluding hydrogens is 186 g/mol. The van der Waals surface area contributed by atoms with Crippen LogP contribution in [0.1, 0.15) is 12.8 Å². The summed E-state index contributed by atoms with van der Waals surface area (Å²) in [6.45, 7) is 0.981. The highest BCUT2D eigenvalue weighted by atomic mass is 16.7. The van der Waals surface area contributed by atoms with E-state index in [-0.39, 0.29) is 6.04 Å². The Hall–Kier alpha value is -0.650. The van der Waals surface area contributed by atoms with Crippen molar-refractivity contribution in [3.63, 3.8) is 0 Å². The zero-order valence-corrected chi connectivity index (χ0v) is 8.83. The normalized spacial score (nSPS) is 21.5. The van der Waals surface area contributed by atoms with E-state index in [4.69, 9.17) is 9.47 Å². The highest BCUT2D eigenvalue weighted by Crippen LogP contribution is 2.23. The number of carbonyl (C=O) groups excluding carboxylic acids is 1. The van der Waals surface area contributed by atoms with Crippen LogP contribution >= 0.6 is 0 Å². The third kappa shape index (κ3) is 2.05. The second-order valence-electron chi connectivity index (χ2n) is 3.30. The lowest BCUT2D eigenvalue weighted by Crippen LogP contribution is -2.53. The summed E-state index contributed by atoms with van der Waals surface area (Å²) < 4.78 is 14.9. The molecule has 1 rings (SSSR count). The van der Waals surface area contributed by atoms with Gasteiger partial charge >= 0.3 is 5.97 Å². The molecule has 14 heavy (non-hydrogen) atoms. The molecule has 0 aliphatic carbocycles. The van der Waals surface area contributed by atoms with Crippen LogP contribution in [0.4, 0.5) is 0 Å². The maximum Gasteiger partial charge on any atom is 0.366 e. The molecule has 1 fully saturated rings. The van der Waals surface area contributed by atoms with Gasteiger partial charge in [0.05, 0.1) is 7.11 Å². The van der Waals surface area contributed by atoms with E-state index in [1.807, 2.05) is 0 Å². The minimum Gasteiger partial charge on any atom is -0.465 e. The van der Waals surface area contributed by atoms with Gasteiger partial charge in [0.15, 0.2) is 0 Å². The Morgan fingerprint density at radius 1 is 1.43 bits per heavy atom. The standard InChI is InChI=1S/C9H17NO4/c1-12-8(11)9(13-2,14-3)6-7-4-5-10-7/h7,10H,4-6H2,1-3H3. The summed E-state index contributed by atoms with van der Waals surface area (Å²) >= 11 is 0. The second kappa shape index (κ2) is 4.72. The molecular formula is C9H17NO4. The Morgan fingerprint density at radius 2 is 2.00 bits per heavy atom. The molecule has 0 amide bonds. The van der Waals surface area contributed by atoms with Crippen molar-refractivity contribution in [1.82, 2.24) is 5.32 Å². The Morgan fingerprint density at radius 3 is 2.29 bits per heavy atom. The van der Waals surface area contributed by atoms with Crippen LogP contribution < -0.4 is 5.32 Å². The number of carbonyl (C=O) groups is 1. The lowest BCUT2D eigenvalue weighted by Gasteiger charge is -2.35. The van der Waals surface area contributed by atoms with Gasteiger partial charge in [0, 0.05) is 26.7 Å². The van der Waals surface area contributed by atoms with Crippen LogP contribution in [0.25, 0.3) is 0 Å². The van der Waals surface area contributed by atoms with Gasteiger partial charge in [-0.1, -0.05) is 0 Å². The Kier molecular flexibility index (Phi) is 3.86. The zero-order valence-electron chi connectivity index (χ0n) is 8.83. The number of nitrogens with one attached hydrogen (secondary N) is 1. The van der Waals surface area contributed by atoms with E-state index < -0.39 is 11.8 Å². The first-order valence-electron chi connectivity index (χ1n) is 4.60. The quantitative estimate of drug-likeness (QED) is 0.499. The van der Waals surface area contributed by atoms with Crippen molar-refractivity contribution in [3.05, 3.63) is 0 Å². The molecule has 0 aromatic heterocycles. The number of hydrogen-bond donors (Lipinski definition) is 1. The monoisotopic (exact) mass is 203 g/mol. The SMILES string of the molecule is COC(=O)C(CC1CCN1)(OC)OC. The smallest absolute Gasteiger partial charge is 0.366 e. The molecule has 0 aromatic carbocycles. The first-order chi connectivity index (χ1) is 6.68. The van der Waals surface area contributed by atoms with Crippen molar-refractivity contribution < 1.29 is 19.0 Å². The van der Waals surface area contributed by atoms with Crippen LogP contribution in [-0.2, 0) is 19.0 Å². The maximum absolute atomic E-state index is 11.5. The molecule has 0 aromatic rings. The summed E-state index contributed by atoms with van der Waals surface area (Å²) in [6, 6.07) is 0.272. The fraction of sp³-hybridized carbons (Fsp3) is 0.889. The minimum atomic E-state index is -1.26. The van der Waals surface area contributed by atoms with Gasteiger partial charge in [-0.15, -0.1) is 0 Å². The molecule has 1 aliphatic rings. The zero-order chi connectivity index (χ0) is 10.6. The van der Waals surface area contributed by atoms with Gasteiger partial charge in [0.2, 0.25) is 0 Å². The molecule has 1 aliphatic heterocycles. The molecule has 82 valence electrons. The van der Waals surface area contributed by atoms with Gasteiger partial charge in [0.1, 0.15) is 0 Å². The first-order valence-corrected chi connectivity index (χ1v) is 4.60. The van der Waals surface area contributed by atoms with E-state index in [9.17, 15) is 4.79 Å². The Labute approximate surface area is 83.7 Å². The molecule has 1 unspecified atom stereocenters. The van der Waals surface area contributed by atoms with Gasteiger partial charge in [0.25, 0.3) is 5.79 Å². The van der Waals surface area contributed by atoms with Gasteiger partial charge in [-0.25, -0.2) is 4.79 Å². The summed E-state index contributed by atoms with van der Waals surface area (Å²) in [4.78, 5) is 11.5. The molecule has 1 saturated heterocycles. The number of ether oxygens (including phenoxy) is 3. The van der Waals surface area contributed by atoms with Crippen LogP contribution in [0.15, 0.2) is 0 Å². The van der Waals surface area contributed by atoms with E-state index in [0.29, 0.717) is 6.42 Å². The van der Waals surface area contributed by atoms with Crippen molar-refractivity contribution in [3.8, 4) is 0 Å². The van der Waals surface area contributed by atoms with Crippen LogP contribution in [0.2, 0.25) is 0 Å². The van der Waals surface area contributed by atoms with Crippen LogP contribution in [-0.4, -0.2) is 45.7 Å². The molecule has 5 heteroatoms. The maximum atomic E-state index is 11.5. The summed E-state index contributed by atoms with van der Waals surface area (Å²) in [5.41, 5.74) is 0. The summed E-state index contributed by atoms with van der Waals surface area (Å²) in [7, 11) is 4.21. The van der Waals surface area contributed by atoms with Gasteiger partial charge in [-0.05, 0) is 13.0 Å². The van der Waals surface area contributed by atoms with E-state index in [0.717, 1.165) is 13.0 Å². The number of esters is 1. The van der Waals surface area contributed by atoms with E-state index >= 15 is 0 Å². The summed E-state index contributed by atoms with van der Waals surface area (Å²) in [5, 5.41) is 3.18. The van der Waals surface area contributed by atoms with Crippen molar-refractivity contribution in [2.75, 3.05) is 27.9 Å². The second-order valence-corrected chi connectivity index (χ2v) is 3.30. The molecule has 5 nitrogen and oxygen atoms in total. The number of rotatable bonds is 5. The minimum absolute atomic E-state index is 0.272. The third-order valence-corrected chi connectivity index (χ3v) is 2.60. The van der Waals surface area contributed by atoms with Crippen molar-refractivity contribution >= 4 is 5.97 Å². The molecule has 1 heterocycles. The third-order valence-electron chi connectivity index (χ3n) is 2.60. The van der Waals surface area contributed by atoms with Crippen LogP contribution in [0.5, 0.6) is 0 Å². The average Bonchev–Trinajstić information content (AvgIpc) is 2.17. The molecule has 1 atom stereocenters. The number of hydrogen-bond acceptors (Lipinski definition) is 5. The van der Waals surface area contributed by atoms with Gasteiger partial charge in [-0.2, -0.15) is 0 Å². The number of methoxy groups -OCH3 is 3. The lowest BCUT2D eigenvalue weighted by molar-refractivity contribution is -0.233. The molecule has 0 saturated carbocycles. The Balaban J connectivity index is 2.62. The lowest BCUT2D eigenvalue weighted by atomic mass is 9.97. The highest BCUT2D eigenvalue weighted by Gasteiger charge is 2.43. The van der Waals surface area contributed by atoms with E-state index in [2.05, 4.69) is 10.1 Å². The molecule has 0 spiro atoms. The fourth-order valence-corrected chi connectivity index (χ4v) is 1.50. The average molecular weight is 203 g/mol. The predicted octanol–water partition coefficient (Wildman–Crippen LogP) is -0.0995. The van der Waals surface area contributed by atoms with Gasteiger partial charge < -0.3 is 19.5 Å². The van der Waals surface area contributed by atoms with Crippen molar-refractivity contribution in [1.29, 1.82) is 0 Å². The van der Waals surface area contributed by atoms with E-state index in [1.165, 1.54) is 21.3 Å². The van der Waals surface area contributed by atoms with Crippen LogP contribution in [0.3, 0.4) is 0 Å². The van der Waals surface area contributed by atoms with Crippen LogP contribution in [0, 0.1) is 0 Å². The summed E-state index contributed by atoms with van der Waals surface area (Å²) in [6.07, 6.45) is 1.51. The van der Waals surface area contributed by atoms with E-state index in [1.54, 1.807) is 0 Å². The van der Waals surface area contributed by atoms with Crippen molar-refractivity contribution in [2.45, 2.75) is 24.7 Å². The van der Waals surface area contributed by atoms with Gasteiger partial charge in [-0.3, -0.25) is 0 Å².